The van der Waals surface area contributed by atoms with Crippen molar-refractivity contribution in [1.29, 1.82) is 0 Å². The Labute approximate surface area is 44.5 Å². The topological polar surface area (TPSA) is 0 Å². The maximum atomic E-state index is 3.00. The van der Waals surface area contributed by atoms with Gasteiger partial charge in [-0.25, -0.2) is 0 Å². The van der Waals surface area contributed by atoms with Crippen molar-refractivity contribution in [3.63, 3.8) is 0 Å². The van der Waals surface area contributed by atoms with Crippen LogP contribution in [-0.2, 0) is 0 Å². The predicted molar refractivity (Wildman–Crippen MR) is 28.7 cm³/mol. The van der Waals surface area contributed by atoms with Crippen LogP contribution in [0.2, 0.25) is 9.88 Å². The van der Waals surface area contributed by atoms with Gasteiger partial charge in [0.2, 0.25) is 0 Å². The first kappa shape index (κ1) is 9.11. The quantitative estimate of drug-likeness (QED) is 0.389. The van der Waals surface area contributed by atoms with Gasteiger partial charge in [-0.2, -0.15) is 0 Å². The van der Waals surface area contributed by atoms with Gasteiger partial charge in [0.1, 0.15) is 0 Å². The van der Waals surface area contributed by atoms with Gasteiger partial charge >= 0.3 is 31.0 Å². The van der Waals surface area contributed by atoms with Crippen molar-refractivity contribution in [2.75, 3.05) is 0 Å². The fourth-order valence-corrected chi connectivity index (χ4v) is 0. The Kier molecular flexibility index (Phi) is 43.7. The molecular weight excluding hydrogens is 167 g/mol. The molecule has 0 atom stereocenters. The summed E-state index contributed by atoms with van der Waals surface area (Å²) in [7, 11) is 0. The Morgan fingerprint density at radius 1 is 1.20 bits per heavy atom. The average Bonchev–Trinajstić information content (AvgIpc) is 1.46. The van der Waals surface area contributed by atoms with Crippen molar-refractivity contribution in [3.8, 4) is 0 Å². The summed E-state index contributed by atoms with van der Waals surface area (Å²) >= 11 is 0.230. The Hall–Kier alpha value is 0.539. The summed E-state index contributed by atoms with van der Waals surface area (Å²) < 4.78 is 0. The van der Waals surface area contributed by atoms with Crippen LogP contribution in [0.5, 0.6) is 0 Å². The van der Waals surface area contributed by atoms with Crippen molar-refractivity contribution in [2.24, 2.45) is 0 Å². The zero-order chi connectivity index (χ0) is 4.71. The molecule has 0 rings (SSSR count). The molecule has 28 valence electrons. The standard InChI is InChI=1S/C2H4.2CH3.Sn/c1-2;;;/h1-2H2;2*1H3;/q;;;+2. The first-order valence-electron chi connectivity index (χ1n) is 1.50. The predicted octanol–water partition coefficient (Wildman–Crippen LogP) is 1.59. The van der Waals surface area contributed by atoms with Crippen LogP contribution in [-0.4, -0.2) is 21.1 Å². The van der Waals surface area contributed by atoms with Crippen molar-refractivity contribution < 1.29 is 0 Å². The Morgan fingerprint density at radius 2 is 1.20 bits per heavy atom. The van der Waals surface area contributed by atoms with E-state index in [0.29, 0.717) is 0 Å². The molecule has 0 nitrogen and oxygen atoms in total. The molecule has 0 radical (unpaired) electrons. The summed E-state index contributed by atoms with van der Waals surface area (Å²) in [5.41, 5.74) is 0. The Bertz CT molecular complexity index is 7.61. The number of hydrogen-bond acceptors (Lipinski definition) is 0. The fourth-order valence-electron chi connectivity index (χ4n) is 0. The number of rotatable bonds is 0. The summed E-state index contributed by atoms with van der Waals surface area (Å²) in [6, 6.07) is 0. The van der Waals surface area contributed by atoms with E-state index in [9.17, 15) is 0 Å². The van der Waals surface area contributed by atoms with E-state index >= 15 is 0 Å². The van der Waals surface area contributed by atoms with Crippen LogP contribution in [0, 0.1) is 0 Å². The zero-order valence-electron chi connectivity index (χ0n) is 3.91. The molecule has 0 aromatic rings. The monoisotopic (exact) mass is 178 g/mol. The van der Waals surface area contributed by atoms with Crippen LogP contribution in [0.3, 0.4) is 0 Å². The zero-order valence-corrected chi connectivity index (χ0v) is 6.77. The molecule has 0 fully saturated rings. The molecule has 0 N–H and O–H groups in total. The molecule has 0 aromatic carbocycles. The molecule has 0 aromatic heterocycles. The van der Waals surface area contributed by atoms with Crippen molar-refractivity contribution in [1.82, 2.24) is 0 Å². The van der Waals surface area contributed by atoms with E-state index in [-0.39, 0.29) is 21.1 Å². The van der Waals surface area contributed by atoms with Crippen molar-refractivity contribution >= 4 is 21.1 Å². The Balaban J connectivity index is 0. The van der Waals surface area contributed by atoms with Crippen LogP contribution >= 0.6 is 0 Å². The summed E-state index contributed by atoms with van der Waals surface area (Å²) in [5.74, 6) is 0. The molecule has 0 unspecified atom stereocenters. The van der Waals surface area contributed by atoms with Gasteiger partial charge in [-0.05, 0) is 0 Å². The first-order chi connectivity index (χ1) is 2.41. The fraction of sp³-hybridized carbons (Fsp3) is 0.500. The molecule has 0 bridgehead atoms. The van der Waals surface area contributed by atoms with Gasteiger partial charge in [-0.15, -0.1) is 13.2 Å². The van der Waals surface area contributed by atoms with Gasteiger partial charge in [0, 0.05) is 0 Å². The molecule has 0 saturated carbocycles. The maximum absolute atomic E-state index is 3.00. The average molecular weight is 177 g/mol. The molecule has 0 amide bonds. The SMILES string of the molecule is C=C.[CH3][Sn+2][CH3]. The molecule has 0 spiro atoms. The molecule has 1 heteroatoms. The van der Waals surface area contributed by atoms with Crippen LogP contribution in [0.25, 0.3) is 0 Å². The minimum absolute atomic E-state index is 0.230. The molecule has 0 heterocycles. The van der Waals surface area contributed by atoms with E-state index in [4.69, 9.17) is 0 Å². The molecule has 0 saturated heterocycles. The third-order valence-electron chi connectivity index (χ3n) is 0. The second-order valence-corrected chi connectivity index (χ2v) is 3.35. The van der Waals surface area contributed by atoms with Crippen LogP contribution in [0.1, 0.15) is 0 Å². The molecule has 5 heavy (non-hydrogen) atoms. The summed E-state index contributed by atoms with van der Waals surface area (Å²) in [6.07, 6.45) is 0. The van der Waals surface area contributed by atoms with Gasteiger partial charge in [0.25, 0.3) is 0 Å². The van der Waals surface area contributed by atoms with Crippen molar-refractivity contribution in [2.45, 2.75) is 9.88 Å². The van der Waals surface area contributed by atoms with Crippen LogP contribution in [0.4, 0.5) is 0 Å². The summed E-state index contributed by atoms with van der Waals surface area (Å²) in [4.78, 5) is 4.59. The summed E-state index contributed by atoms with van der Waals surface area (Å²) in [6.45, 7) is 6.00. The van der Waals surface area contributed by atoms with E-state index in [2.05, 4.69) is 23.0 Å². The Morgan fingerprint density at radius 3 is 1.20 bits per heavy atom. The van der Waals surface area contributed by atoms with E-state index < -0.39 is 0 Å². The van der Waals surface area contributed by atoms with Gasteiger partial charge in [-0.1, -0.05) is 0 Å². The van der Waals surface area contributed by atoms with Gasteiger partial charge in [-0.3, -0.25) is 0 Å². The van der Waals surface area contributed by atoms with Gasteiger partial charge < -0.3 is 0 Å². The van der Waals surface area contributed by atoms with Crippen LogP contribution < -0.4 is 0 Å². The third-order valence-corrected chi connectivity index (χ3v) is 0. The van der Waals surface area contributed by atoms with E-state index in [1.165, 1.54) is 0 Å². The van der Waals surface area contributed by atoms with E-state index in [1.807, 2.05) is 0 Å². The van der Waals surface area contributed by atoms with Gasteiger partial charge in [0.05, 0.1) is 0 Å². The molecule has 0 aliphatic carbocycles. The van der Waals surface area contributed by atoms with Crippen LogP contribution in [0.15, 0.2) is 13.2 Å². The minimum atomic E-state index is 0.230. The number of hydrogen-bond donors (Lipinski definition) is 0. The van der Waals surface area contributed by atoms with E-state index in [1.54, 1.807) is 0 Å². The van der Waals surface area contributed by atoms with Crippen molar-refractivity contribution in [3.05, 3.63) is 13.2 Å². The second kappa shape index (κ2) is 24.0. The first-order valence-corrected chi connectivity index (χ1v) is 7.21. The third kappa shape index (κ3) is 101. The summed E-state index contributed by atoms with van der Waals surface area (Å²) in [5, 5.41) is 0. The molecule has 0 aliphatic heterocycles. The van der Waals surface area contributed by atoms with Gasteiger partial charge in [0.15, 0.2) is 0 Å². The second-order valence-electron chi connectivity index (χ2n) is 0.500. The normalized spacial score (nSPS) is 2.80. The molecule has 0 aliphatic rings. The van der Waals surface area contributed by atoms with E-state index in [0.717, 1.165) is 0 Å². The molecular formula is C4H10Sn+2.